The number of nitrogens with zero attached hydrogens (tertiary/aromatic N) is 2. The first-order valence-electron chi connectivity index (χ1n) is 6.97. The summed E-state index contributed by atoms with van der Waals surface area (Å²) >= 11 is 0. The van der Waals surface area contributed by atoms with Gasteiger partial charge in [0, 0.05) is 17.7 Å². The third-order valence-corrected chi connectivity index (χ3v) is 3.00. The Bertz CT molecular complexity index is 860. The fourth-order valence-corrected chi connectivity index (χ4v) is 1.82. The van der Waals surface area contributed by atoms with Crippen molar-refractivity contribution in [3.8, 4) is 11.8 Å². The van der Waals surface area contributed by atoms with E-state index >= 15 is 0 Å². The molecule has 0 aliphatic carbocycles. The van der Waals surface area contributed by atoms with E-state index in [1.165, 1.54) is 30.3 Å². The molecule has 0 unspecified atom stereocenters. The molecule has 0 bridgehead atoms. The molecule has 2 aromatic rings. The molecule has 0 aliphatic rings. The second kappa shape index (κ2) is 8.07. The molecule has 2 rings (SSSR count). The Balaban J connectivity index is 1.87. The first-order chi connectivity index (χ1) is 12.0. The molecule has 2 amide bonds. The van der Waals surface area contributed by atoms with Gasteiger partial charge in [0.15, 0.2) is 6.61 Å². The molecule has 0 heterocycles. The Labute approximate surface area is 142 Å². The van der Waals surface area contributed by atoms with Gasteiger partial charge in [-0.3, -0.25) is 30.6 Å². The highest BCUT2D eigenvalue weighted by Crippen LogP contribution is 2.16. The lowest BCUT2D eigenvalue weighted by atomic mass is 10.2. The Morgan fingerprint density at radius 1 is 1.16 bits per heavy atom. The minimum atomic E-state index is -0.713. The van der Waals surface area contributed by atoms with E-state index in [-0.39, 0.29) is 22.6 Å². The summed E-state index contributed by atoms with van der Waals surface area (Å²) in [6.07, 6.45) is 0. The van der Waals surface area contributed by atoms with Gasteiger partial charge in [-0.15, -0.1) is 0 Å². The summed E-state index contributed by atoms with van der Waals surface area (Å²) < 4.78 is 5.20. The number of non-ortho nitro benzene ring substituents is 1. The minimum absolute atomic E-state index is 0.0187. The van der Waals surface area contributed by atoms with E-state index in [0.29, 0.717) is 0 Å². The zero-order valence-corrected chi connectivity index (χ0v) is 12.8. The predicted octanol–water partition coefficient (Wildman–Crippen LogP) is 1.31. The molecule has 9 heteroatoms. The molecular formula is C16H12N4O5. The van der Waals surface area contributed by atoms with Crippen LogP contribution >= 0.6 is 0 Å². The van der Waals surface area contributed by atoms with Crippen molar-refractivity contribution in [3.05, 3.63) is 69.8 Å². The van der Waals surface area contributed by atoms with Gasteiger partial charge in [0.1, 0.15) is 11.8 Å². The van der Waals surface area contributed by atoms with E-state index in [1.54, 1.807) is 12.1 Å². The first kappa shape index (κ1) is 17.4. The molecular weight excluding hydrogens is 328 g/mol. The van der Waals surface area contributed by atoms with Crippen LogP contribution in [0.2, 0.25) is 0 Å². The van der Waals surface area contributed by atoms with Gasteiger partial charge in [-0.05, 0) is 18.2 Å². The summed E-state index contributed by atoms with van der Waals surface area (Å²) in [5.74, 6) is -1.13. The Morgan fingerprint density at radius 3 is 2.64 bits per heavy atom. The Morgan fingerprint density at radius 2 is 1.92 bits per heavy atom. The lowest BCUT2D eigenvalue weighted by Crippen LogP contribution is -2.43. The summed E-state index contributed by atoms with van der Waals surface area (Å²) in [5.41, 5.74) is 4.30. The summed E-state index contributed by atoms with van der Waals surface area (Å²) in [7, 11) is 0. The number of amides is 2. The fourth-order valence-electron chi connectivity index (χ4n) is 1.82. The zero-order chi connectivity index (χ0) is 18.2. The van der Waals surface area contributed by atoms with Gasteiger partial charge in [-0.25, -0.2) is 0 Å². The normalized spacial score (nSPS) is 9.56. The van der Waals surface area contributed by atoms with Crippen molar-refractivity contribution >= 4 is 17.5 Å². The van der Waals surface area contributed by atoms with Crippen LogP contribution < -0.4 is 15.6 Å². The van der Waals surface area contributed by atoms with Crippen LogP contribution in [0.3, 0.4) is 0 Å². The number of carbonyl (C=O) groups excluding carboxylic acids is 2. The van der Waals surface area contributed by atoms with Gasteiger partial charge in [0.25, 0.3) is 17.5 Å². The molecule has 0 aromatic heterocycles. The highest BCUT2D eigenvalue weighted by molar-refractivity contribution is 5.96. The lowest BCUT2D eigenvalue weighted by molar-refractivity contribution is -0.384. The van der Waals surface area contributed by atoms with Crippen LogP contribution in [-0.4, -0.2) is 23.3 Å². The third-order valence-electron chi connectivity index (χ3n) is 3.00. The summed E-state index contributed by atoms with van der Waals surface area (Å²) in [6, 6.07) is 13.4. The van der Waals surface area contributed by atoms with Crippen molar-refractivity contribution in [2.45, 2.75) is 0 Å². The molecule has 0 aliphatic heterocycles. The minimum Gasteiger partial charge on any atom is -0.482 e. The van der Waals surface area contributed by atoms with E-state index in [9.17, 15) is 19.7 Å². The summed E-state index contributed by atoms with van der Waals surface area (Å²) in [6.45, 7) is -0.423. The average molecular weight is 340 g/mol. The fraction of sp³-hybridized carbons (Fsp3) is 0.0625. The van der Waals surface area contributed by atoms with E-state index < -0.39 is 23.3 Å². The molecule has 2 aromatic carbocycles. The molecule has 0 radical (unpaired) electrons. The predicted molar refractivity (Wildman–Crippen MR) is 85.4 cm³/mol. The molecule has 0 spiro atoms. The molecule has 9 nitrogen and oxygen atoms in total. The van der Waals surface area contributed by atoms with Crippen molar-refractivity contribution in [1.82, 2.24) is 10.9 Å². The smallest absolute Gasteiger partial charge is 0.276 e. The topological polar surface area (TPSA) is 134 Å². The SMILES string of the molecule is N#Cc1ccccc1OCC(=O)NNC(=O)c1cccc([N+](=O)[O-])c1. The maximum atomic E-state index is 11.9. The van der Waals surface area contributed by atoms with Gasteiger partial charge < -0.3 is 4.74 Å². The van der Waals surface area contributed by atoms with Crippen LogP contribution in [0.5, 0.6) is 5.75 Å². The summed E-state index contributed by atoms with van der Waals surface area (Å²) in [5, 5.41) is 19.6. The van der Waals surface area contributed by atoms with Gasteiger partial charge in [-0.1, -0.05) is 18.2 Å². The quantitative estimate of drug-likeness (QED) is 0.622. The summed E-state index contributed by atoms with van der Waals surface area (Å²) in [4.78, 5) is 33.6. The van der Waals surface area contributed by atoms with Crippen LogP contribution in [0.1, 0.15) is 15.9 Å². The lowest BCUT2D eigenvalue weighted by Gasteiger charge is -2.09. The van der Waals surface area contributed by atoms with Crippen LogP contribution in [0.25, 0.3) is 0 Å². The second-order valence-electron chi connectivity index (χ2n) is 4.71. The largest absolute Gasteiger partial charge is 0.482 e. The highest BCUT2D eigenvalue weighted by Gasteiger charge is 2.12. The van der Waals surface area contributed by atoms with Crippen molar-refractivity contribution in [2.75, 3.05) is 6.61 Å². The maximum Gasteiger partial charge on any atom is 0.276 e. The van der Waals surface area contributed by atoms with Crippen molar-refractivity contribution in [1.29, 1.82) is 5.26 Å². The van der Waals surface area contributed by atoms with E-state index in [0.717, 1.165) is 6.07 Å². The van der Waals surface area contributed by atoms with E-state index in [1.807, 2.05) is 6.07 Å². The van der Waals surface area contributed by atoms with Crippen LogP contribution in [0.4, 0.5) is 5.69 Å². The number of nitriles is 1. The third kappa shape index (κ3) is 4.77. The van der Waals surface area contributed by atoms with Crippen molar-refractivity contribution < 1.29 is 19.2 Å². The molecule has 0 fully saturated rings. The van der Waals surface area contributed by atoms with E-state index in [2.05, 4.69) is 10.9 Å². The van der Waals surface area contributed by atoms with Gasteiger partial charge >= 0.3 is 0 Å². The highest BCUT2D eigenvalue weighted by atomic mass is 16.6. The number of nitro benzene ring substituents is 1. The number of nitro groups is 1. The number of ether oxygens (including phenoxy) is 1. The Kier molecular flexibility index (Phi) is 5.63. The van der Waals surface area contributed by atoms with E-state index in [4.69, 9.17) is 10.00 Å². The van der Waals surface area contributed by atoms with Crippen molar-refractivity contribution in [2.24, 2.45) is 0 Å². The molecule has 2 N–H and O–H groups in total. The van der Waals surface area contributed by atoms with Gasteiger partial charge in [-0.2, -0.15) is 5.26 Å². The monoisotopic (exact) mass is 340 g/mol. The first-order valence-corrected chi connectivity index (χ1v) is 6.97. The number of hydrogen-bond donors (Lipinski definition) is 2. The average Bonchev–Trinajstić information content (AvgIpc) is 2.64. The molecule has 0 saturated heterocycles. The zero-order valence-electron chi connectivity index (χ0n) is 12.8. The van der Waals surface area contributed by atoms with Gasteiger partial charge in [0.2, 0.25) is 0 Å². The maximum absolute atomic E-state index is 11.9. The Hall–Kier alpha value is -3.93. The molecule has 25 heavy (non-hydrogen) atoms. The number of hydrazine groups is 1. The number of carbonyl (C=O) groups is 2. The van der Waals surface area contributed by atoms with Gasteiger partial charge in [0.05, 0.1) is 10.5 Å². The van der Waals surface area contributed by atoms with Crippen LogP contribution in [0.15, 0.2) is 48.5 Å². The molecule has 0 saturated carbocycles. The number of rotatable bonds is 5. The number of hydrogen-bond acceptors (Lipinski definition) is 6. The number of nitrogens with one attached hydrogen (secondary N) is 2. The van der Waals surface area contributed by atoms with Crippen LogP contribution in [-0.2, 0) is 4.79 Å². The van der Waals surface area contributed by atoms with Crippen LogP contribution in [0, 0.1) is 21.4 Å². The number of benzene rings is 2. The van der Waals surface area contributed by atoms with Crippen molar-refractivity contribution in [3.63, 3.8) is 0 Å². The molecule has 126 valence electrons. The standard InChI is InChI=1S/C16H12N4O5/c17-9-12-4-1-2-7-14(12)25-10-15(21)18-19-16(22)11-5-3-6-13(8-11)20(23)24/h1-8H,10H2,(H,18,21)(H,19,22). The molecule has 0 atom stereocenters. The second-order valence-corrected chi connectivity index (χ2v) is 4.71. The number of para-hydroxylation sites is 1.